The van der Waals surface area contributed by atoms with Crippen molar-refractivity contribution >= 4 is 46.6 Å². The lowest BCUT2D eigenvalue weighted by molar-refractivity contribution is -0.143. The number of anilines is 2. The van der Waals surface area contributed by atoms with E-state index in [1.807, 2.05) is 0 Å². The number of halogens is 1. The Bertz CT molecular complexity index is 677. The van der Waals surface area contributed by atoms with Crippen LogP contribution in [0.4, 0.5) is 11.4 Å². The SMILES string of the molecule is CC(=O)Nc1ccc(NC(=O)C[C@@H]2C(=O)NCCN2C(=O)CCl)cc1. The monoisotopic (exact) mass is 366 g/mol. The smallest absolute Gasteiger partial charge is 0.243 e. The van der Waals surface area contributed by atoms with Gasteiger partial charge in [0.05, 0.1) is 6.42 Å². The minimum atomic E-state index is -0.876. The Balaban J connectivity index is 1.99. The van der Waals surface area contributed by atoms with E-state index in [4.69, 9.17) is 11.6 Å². The predicted octanol–water partition coefficient (Wildman–Crippen LogP) is 0.539. The Labute approximate surface area is 149 Å². The molecule has 0 radical (unpaired) electrons. The molecule has 134 valence electrons. The molecule has 1 aliphatic heterocycles. The number of piperazine rings is 1. The van der Waals surface area contributed by atoms with E-state index >= 15 is 0 Å². The van der Waals surface area contributed by atoms with Gasteiger partial charge in [0.2, 0.25) is 23.6 Å². The number of carbonyl (C=O) groups is 4. The van der Waals surface area contributed by atoms with Crippen LogP contribution in [-0.4, -0.2) is 53.5 Å². The summed E-state index contributed by atoms with van der Waals surface area (Å²) in [5.74, 6) is -1.59. The molecule has 3 N–H and O–H groups in total. The van der Waals surface area contributed by atoms with Crippen LogP contribution < -0.4 is 16.0 Å². The van der Waals surface area contributed by atoms with Gasteiger partial charge in [-0.3, -0.25) is 19.2 Å². The van der Waals surface area contributed by atoms with Crippen molar-refractivity contribution in [1.82, 2.24) is 10.2 Å². The van der Waals surface area contributed by atoms with Gasteiger partial charge in [-0.2, -0.15) is 0 Å². The van der Waals surface area contributed by atoms with Crippen molar-refractivity contribution in [2.75, 3.05) is 29.6 Å². The molecule has 25 heavy (non-hydrogen) atoms. The number of carbonyl (C=O) groups excluding carboxylic acids is 4. The molecule has 1 atom stereocenters. The minimum Gasteiger partial charge on any atom is -0.353 e. The third-order valence-corrected chi connectivity index (χ3v) is 3.86. The summed E-state index contributed by atoms with van der Waals surface area (Å²) in [6, 6.07) is 5.68. The molecule has 4 amide bonds. The highest BCUT2D eigenvalue weighted by molar-refractivity contribution is 6.27. The van der Waals surface area contributed by atoms with Crippen molar-refractivity contribution in [1.29, 1.82) is 0 Å². The first-order valence-electron chi connectivity index (χ1n) is 7.71. The van der Waals surface area contributed by atoms with E-state index in [9.17, 15) is 19.2 Å². The van der Waals surface area contributed by atoms with Gasteiger partial charge >= 0.3 is 0 Å². The molecule has 1 fully saturated rings. The number of hydrogen-bond acceptors (Lipinski definition) is 4. The zero-order valence-corrected chi connectivity index (χ0v) is 14.4. The van der Waals surface area contributed by atoms with Crippen LogP contribution in [0.25, 0.3) is 0 Å². The lowest BCUT2D eigenvalue weighted by Crippen LogP contribution is -2.58. The minimum absolute atomic E-state index is 0.165. The van der Waals surface area contributed by atoms with Crippen LogP contribution in [0, 0.1) is 0 Å². The first-order valence-corrected chi connectivity index (χ1v) is 8.25. The number of nitrogens with one attached hydrogen (secondary N) is 3. The third kappa shape index (κ3) is 5.18. The van der Waals surface area contributed by atoms with Gasteiger partial charge < -0.3 is 20.9 Å². The number of alkyl halides is 1. The molecule has 2 rings (SSSR count). The van der Waals surface area contributed by atoms with E-state index in [1.165, 1.54) is 11.8 Å². The Hall–Kier alpha value is -2.61. The molecule has 0 aliphatic carbocycles. The predicted molar refractivity (Wildman–Crippen MR) is 93.2 cm³/mol. The fourth-order valence-corrected chi connectivity index (χ4v) is 2.67. The lowest BCUT2D eigenvalue weighted by Gasteiger charge is -2.34. The molecule has 1 aromatic carbocycles. The summed E-state index contributed by atoms with van der Waals surface area (Å²) in [6.07, 6.45) is -0.165. The molecule has 0 unspecified atom stereocenters. The maximum absolute atomic E-state index is 12.2. The lowest BCUT2D eigenvalue weighted by atomic mass is 10.1. The molecule has 0 spiro atoms. The topological polar surface area (TPSA) is 108 Å². The largest absolute Gasteiger partial charge is 0.353 e. The van der Waals surface area contributed by atoms with Crippen molar-refractivity contribution < 1.29 is 19.2 Å². The summed E-state index contributed by atoms with van der Waals surface area (Å²) in [7, 11) is 0. The van der Waals surface area contributed by atoms with Crippen LogP contribution in [0.15, 0.2) is 24.3 Å². The van der Waals surface area contributed by atoms with Crippen molar-refractivity contribution in [3.8, 4) is 0 Å². The Morgan fingerprint density at radius 2 is 1.80 bits per heavy atom. The van der Waals surface area contributed by atoms with Crippen LogP contribution in [0.5, 0.6) is 0 Å². The molecular weight excluding hydrogens is 348 g/mol. The van der Waals surface area contributed by atoms with E-state index in [0.29, 0.717) is 24.5 Å². The van der Waals surface area contributed by atoms with Gasteiger partial charge in [-0.1, -0.05) is 0 Å². The molecule has 0 aromatic heterocycles. The second-order valence-corrected chi connectivity index (χ2v) is 5.81. The molecule has 1 saturated heterocycles. The highest BCUT2D eigenvalue weighted by Gasteiger charge is 2.34. The quantitative estimate of drug-likeness (QED) is 0.661. The zero-order valence-electron chi connectivity index (χ0n) is 13.7. The van der Waals surface area contributed by atoms with E-state index in [0.717, 1.165) is 0 Å². The first-order chi connectivity index (χ1) is 11.9. The highest BCUT2D eigenvalue weighted by Crippen LogP contribution is 2.15. The maximum Gasteiger partial charge on any atom is 0.243 e. The summed E-state index contributed by atoms with van der Waals surface area (Å²) >= 11 is 5.56. The van der Waals surface area contributed by atoms with Crippen LogP contribution in [0.1, 0.15) is 13.3 Å². The molecule has 1 aliphatic rings. The van der Waals surface area contributed by atoms with E-state index in [-0.39, 0.29) is 30.0 Å². The van der Waals surface area contributed by atoms with Crippen molar-refractivity contribution in [2.24, 2.45) is 0 Å². The normalized spacial score (nSPS) is 16.8. The van der Waals surface area contributed by atoms with Crippen LogP contribution >= 0.6 is 11.6 Å². The number of amides is 4. The third-order valence-electron chi connectivity index (χ3n) is 3.63. The van der Waals surface area contributed by atoms with Gasteiger partial charge in [0.1, 0.15) is 11.9 Å². The van der Waals surface area contributed by atoms with Gasteiger partial charge in [0, 0.05) is 31.4 Å². The first kappa shape index (κ1) is 18.7. The molecule has 0 saturated carbocycles. The summed E-state index contributed by atoms with van der Waals surface area (Å²) in [5, 5.41) is 7.93. The molecular formula is C16H19ClN4O4. The summed E-state index contributed by atoms with van der Waals surface area (Å²) in [4.78, 5) is 48.3. The fraction of sp³-hybridized carbons (Fsp3) is 0.375. The summed E-state index contributed by atoms with van der Waals surface area (Å²) in [6.45, 7) is 2.06. The molecule has 9 heteroatoms. The average molecular weight is 367 g/mol. The van der Waals surface area contributed by atoms with Gasteiger partial charge in [0.15, 0.2) is 0 Å². The highest BCUT2D eigenvalue weighted by atomic mass is 35.5. The number of hydrogen-bond donors (Lipinski definition) is 3. The maximum atomic E-state index is 12.2. The van der Waals surface area contributed by atoms with Gasteiger partial charge in [-0.25, -0.2) is 0 Å². The summed E-state index contributed by atoms with van der Waals surface area (Å²) < 4.78 is 0. The van der Waals surface area contributed by atoms with E-state index in [2.05, 4.69) is 16.0 Å². The van der Waals surface area contributed by atoms with Gasteiger partial charge in [-0.15, -0.1) is 11.6 Å². The van der Waals surface area contributed by atoms with Crippen molar-refractivity contribution in [3.63, 3.8) is 0 Å². The number of nitrogens with zero attached hydrogens (tertiary/aromatic N) is 1. The Kier molecular flexibility index (Phi) is 6.35. The van der Waals surface area contributed by atoms with Crippen LogP contribution in [0.2, 0.25) is 0 Å². The zero-order chi connectivity index (χ0) is 18.4. The van der Waals surface area contributed by atoms with E-state index in [1.54, 1.807) is 24.3 Å². The number of rotatable bonds is 5. The standard InChI is InChI=1S/C16H19ClN4O4/c1-10(22)19-11-2-4-12(5-3-11)20-14(23)8-13-16(25)18-6-7-21(13)15(24)9-17/h2-5,13H,6-9H2,1H3,(H,18,25)(H,19,22)(H,20,23)/t13-/m1/s1. The van der Waals surface area contributed by atoms with Crippen LogP contribution in [-0.2, 0) is 19.2 Å². The Morgan fingerprint density at radius 3 is 2.36 bits per heavy atom. The second kappa shape index (κ2) is 8.48. The molecule has 8 nitrogen and oxygen atoms in total. The van der Waals surface area contributed by atoms with Crippen LogP contribution in [0.3, 0.4) is 0 Å². The van der Waals surface area contributed by atoms with Gasteiger partial charge in [-0.05, 0) is 24.3 Å². The van der Waals surface area contributed by atoms with Gasteiger partial charge in [0.25, 0.3) is 0 Å². The van der Waals surface area contributed by atoms with Crippen molar-refractivity contribution in [2.45, 2.75) is 19.4 Å². The van der Waals surface area contributed by atoms with E-state index < -0.39 is 11.9 Å². The molecule has 0 bridgehead atoms. The second-order valence-electron chi connectivity index (χ2n) is 5.54. The van der Waals surface area contributed by atoms with Crippen molar-refractivity contribution in [3.05, 3.63) is 24.3 Å². The molecule has 1 aromatic rings. The Morgan fingerprint density at radius 1 is 1.20 bits per heavy atom. The summed E-state index contributed by atoms with van der Waals surface area (Å²) in [5.41, 5.74) is 1.13. The fourth-order valence-electron chi connectivity index (χ4n) is 2.52. The molecule has 1 heterocycles. The average Bonchev–Trinajstić information content (AvgIpc) is 2.57. The number of benzene rings is 1.